The first kappa shape index (κ1) is 21.1. The molecule has 1 fully saturated rings. The molecule has 0 aliphatic carbocycles. The molecule has 0 unspecified atom stereocenters. The average molecular weight is 435 g/mol. The Labute approximate surface area is 186 Å². The maximum Gasteiger partial charge on any atom is 0.257 e. The van der Waals surface area contributed by atoms with Gasteiger partial charge in [-0.3, -0.25) is 9.59 Å². The van der Waals surface area contributed by atoms with E-state index in [0.29, 0.717) is 37.2 Å². The van der Waals surface area contributed by atoms with E-state index < -0.39 is 5.41 Å². The van der Waals surface area contributed by atoms with Gasteiger partial charge in [0.15, 0.2) is 0 Å². The van der Waals surface area contributed by atoms with Crippen LogP contribution in [0.5, 0.6) is 5.75 Å². The Morgan fingerprint density at radius 3 is 2.61 bits per heavy atom. The van der Waals surface area contributed by atoms with Crippen molar-refractivity contribution in [2.75, 3.05) is 20.2 Å². The van der Waals surface area contributed by atoms with Crippen molar-refractivity contribution >= 4 is 23.2 Å². The largest absolute Gasteiger partial charge is 0.496 e. The van der Waals surface area contributed by atoms with Gasteiger partial charge in [0.05, 0.1) is 18.1 Å². The van der Waals surface area contributed by atoms with Gasteiger partial charge in [0, 0.05) is 18.0 Å². The van der Waals surface area contributed by atoms with Crippen molar-refractivity contribution in [1.82, 2.24) is 4.90 Å². The van der Waals surface area contributed by atoms with Crippen molar-refractivity contribution in [1.29, 1.82) is 0 Å². The van der Waals surface area contributed by atoms with Gasteiger partial charge in [-0.2, -0.15) is 0 Å². The summed E-state index contributed by atoms with van der Waals surface area (Å²) in [6.45, 7) is 0.899. The van der Waals surface area contributed by atoms with Crippen LogP contribution in [0.1, 0.15) is 28.8 Å². The summed E-state index contributed by atoms with van der Waals surface area (Å²) in [5.74, 6) is 0.0473. The number of carbonyl (C=O) groups is 2. The number of nitrogens with zero attached hydrogens (tertiary/aromatic N) is 1. The molecule has 6 heteroatoms. The first-order chi connectivity index (χ1) is 15.0. The minimum atomic E-state index is -0.802. The third-order valence-electron chi connectivity index (χ3n) is 6.06. The summed E-state index contributed by atoms with van der Waals surface area (Å²) in [6.07, 6.45) is 1.90. The van der Waals surface area contributed by atoms with Gasteiger partial charge in [-0.15, -0.1) is 11.3 Å². The zero-order valence-corrected chi connectivity index (χ0v) is 18.4. The van der Waals surface area contributed by atoms with Gasteiger partial charge in [0.2, 0.25) is 5.91 Å². The summed E-state index contributed by atoms with van der Waals surface area (Å²) in [7, 11) is 1.55. The van der Waals surface area contributed by atoms with Crippen LogP contribution in [0.4, 0.5) is 0 Å². The third-order valence-corrected chi connectivity index (χ3v) is 6.96. The average Bonchev–Trinajstić information content (AvgIpc) is 3.34. The molecular weight excluding hydrogens is 408 g/mol. The van der Waals surface area contributed by atoms with E-state index in [2.05, 4.69) is 18.2 Å². The summed E-state index contributed by atoms with van der Waals surface area (Å²) in [5, 5.41) is 2.05. The third kappa shape index (κ3) is 4.21. The Bertz CT molecular complexity index is 1080. The van der Waals surface area contributed by atoms with Crippen molar-refractivity contribution < 1.29 is 14.3 Å². The van der Waals surface area contributed by atoms with E-state index >= 15 is 0 Å². The lowest BCUT2D eigenvalue weighted by atomic mass is 9.73. The molecule has 2 N–H and O–H groups in total. The number of amides is 2. The highest BCUT2D eigenvalue weighted by molar-refractivity contribution is 7.13. The van der Waals surface area contributed by atoms with E-state index in [4.69, 9.17) is 10.5 Å². The van der Waals surface area contributed by atoms with Crippen LogP contribution in [0.15, 0.2) is 66.0 Å². The lowest BCUT2D eigenvalue weighted by molar-refractivity contribution is -0.130. The molecule has 0 spiro atoms. The fourth-order valence-corrected chi connectivity index (χ4v) is 5.23. The van der Waals surface area contributed by atoms with Gasteiger partial charge >= 0.3 is 0 Å². The van der Waals surface area contributed by atoms with E-state index in [9.17, 15) is 9.59 Å². The Hall–Kier alpha value is -3.12. The lowest BCUT2D eigenvalue weighted by Gasteiger charge is -2.41. The number of benzene rings is 2. The number of methoxy groups -OCH3 is 1. The smallest absolute Gasteiger partial charge is 0.257 e. The molecule has 2 amide bonds. The molecule has 0 radical (unpaired) electrons. The highest BCUT2D eigenvalue weighted by Crippen LogP contribution is 2.38. The van der Waals surface area contributed by atoms with Gasteiger partial charge in [0.25, 0.3) is 5.91 Å². The van der Waals surface area contributed by atoms with Crippen molar-refractivity contribution in [2.45, 2.75) is 19.3 Å². The van der Waals surface area contributed by atoms with E-state index in [0.717, 1.165) is 22.4 Å². The normalized spacial score (nSPS) is 18.5. The number of thiophene rings is 1. The molecule has 1 aromatic heterocycles. The number of carbonyl (C=O) groups excluding carboxylic acids is 2. The SMILES string of the molecule is COc1ccccc1C(=O)N1CCC[C@@](Cc2ccccc2-c2cccs2)(C(N)=O)C1. The molecule has 1 aliphatic rings. The van der Waals surface area contributed by atoms with Crippen molar-refractivity contribution in [3.05, 3.63) is 77.2 Å². The Kier molecular flexibility index (Phi) is 6.09. The minimum Gasteiger partial charge on any atom is -0.496 e. The monoisotopic (exact) mass is 434 g/mol. The predicted octanol–water partition coefficient (Wildman–Crippen LogP) is 4.37. The molecule has 2 aromatic carbocycles. The van der Waals surface area contributed by atoms with Gasteiger partial charge < -0.3 is 15.4 Å². The van der Waals surface area contributed by atoms with E-state index in [1.807, 2.05) is 35.7 Å². The van der Waals surface area contributed by atoms with Crippen LogP contribution >= 0.6 is 11.3 Å². The number of hydrogen-bond acceptors (Lipinski definition) is 4. The number of piperidine rings is 1. The first-order valence-electron chi connectivity index (χ1n) is 10.4. The van der Waals surface area contributed by atoms with Gasteiger partial charge in [-0.05, 0) is 54.0 Å². The van der Waals surface area contributed by atoms with E-state index in [1.54, 1.807) is 35.5 Å². The van der Waals surface area contributed by atoms with Crippen LogP contribution in [0.2, 0.25) is 0 Å². The molecule has 4 rings (SSSR count). The summed E-state index contributed by atoms with van der Waals surface area (Å²) in [6, 6.07) is 19.4. The van der Waals surface area contributed by atoms with Crippen LogP contribution in [0, 0.1) is 5.41 Å². The lowest BCUT2D eigenvalue weighted by Crippen LogP contribution is -2.53. The van der Waals surface area contributed by atoms with Crippen LogP contribution < -0.4 is 10.5 Å². The second-order valence-corrected chi connectivity index (χ2v) is 8.93. The van der Waals surface area contributed by atoms with Crippen molar-refractivity contribution in [3.63, 3.8) is 0 Å². The van der Waals surface area contributed by atoms with Crippen LogP contribution in [0.25, 0.3) is 10.4 Å². The quantitative estimate of drug-likeness (QED) is 0.626. The zero-order chi connectivity index (χ0) is 21.8. The summed E-state index contributed by atoms with van der Waals surface area (Å²) in [5.41, 5.74) is 7.87. The van der Waals surface area contributed by atoms with E-state index in [1.165, 1.54) is 0 Å². The van der Waals surface area contributed by atoms with Crippen LogP contribution in [-0.4, -0.2) is 36.9 Å². The molecule has 3 aromatic rings. The Morgan fingerprint density at radius 2 is 1.87 bits per heavy atom. The summed E-state index contributed by atoms with van der Waals surface area (Å²) in [4.78, 5) is 29.0. The fraction of sp³-hybridized carbons (Fsp3) is 0.280. The first-order valence-corrected chi connectivity index (χ1v) is 11.3. The number of primary amides is 1. The van der Waals surface area contributed by atoms with Gasteiger partial charge in [-0.25, -0.2) is 0 Å². The molecule has 1 aliphatic heterocycles. The predicted molar refractivity (Wildman–Crippen MR) is 123 cm³/mol. The summed E-state index contributed by atoms with van der Waals surface area (Å²) >= 11 is 1.67. The Balaban J connectivity index is 1.65. The maximum absolute atomic E-state index is 13.3. The van der Waals surface area contributed by atoms with Crippen LogP contribution in [-0.2, 0) is 11.2 Å². The zero-order valence-electron chi connectivity index (χ0n) is 17.5. The standard InChI is InChI=1S/C25H26N2O3S/c1-30-21-11-5-4-10-20(21)23(28)27-14-7-13-25(17-27,24(26)29)16-18-8-2-3-9-19(18)22-12-6-15-31-22/h2-6,8-12,15H,7,13-14,16-17H2,1H3,(H2,26,29)/t25-/m0/s1. The molecule has 0 bridgehead atoms. The number of rotatable bonds is 6. The molecule has 160 valence electrons. The van der Waals surface area contributed by atoms with Crippen LogP contribution in [0.3, 0.4) is 0 Å². The molecule has 31 heavy (non-hydrogen) atoms. The number of para-hydroxylation sites is 1. The Morgan fingerprint density at radius 1 is 1.10 bits per heavy atom. The molecular formula is C25H26N2O3S. The topological polar surface area (TPSA) is 72.6 Å². The van der Waals surface area contributed by atoms with Gasteiger partial charge in [-0.1, -0.05) is 42.5 Å². The van der Waals surface area contributed by atoms with E-state index in [-0.39, 0.29) is 11.8 Å². The van der Waals surface area contributed by atoms with Crippen molar-refractivity contribution in [3.8, 4) is 16.2 Å². The number of ether oxygens (including phenoxy) is 1. The molecule has 1 atom stereocenters. The maximum atomic E-state index is 13.3. The van der Waals surface area contributed by atoms with Gasteiger partial charge in [0.1, 0.15) is 5.75 Å². The minimum absolute atomic E-state index is 0.130. The second-order valence-electron chi connectivity index (χ2n) is 7.99. The van der Waals surface area contributed by atoms with Crippen molar-refractivity contribution in [2.24, 2.45) is 11.1 Å². The number of nitrogens with two attached hydrogens (primary N) is 1. The molecule has 1 saturated heterocycles. The second kappa shape index (κ2) is 8.94. The molecule has 5 nitrogen and oxygen atoms in total. The summed E-state index contributed by atoms with van der Waals surface area (Å²) < 4.78 is 5.37. The number of hydrogen-bond donors (Lipinski definition) is 1. The molecule has 0 saturated carbocycles. The highest BCUT2D eigenvalue weighted by Gasteiger charge is 2.43. The highest BCUT2D eigenvalue weighted by atomic mass is 32.1. The molecule has 2 heterocycles. The number of likely N-dealkylation sites (tertiary alicyclic amines) is 1. The fourth-order valence-electron chi connectivity index (χ4n) is 4.44.